The first-order valence-electron chi connectivity index (χ1n) is 5.16. The fourth-order valence-corrected chi connectivity index (χ4v) is 2.32. The highest BCUT2D eigenvalue weighted by atomic mass is 32.2. The fourth-order valence-electron chi connectivity index (χ4n) is 1.48. The number of aromatic nitrogens is 3. The van der Waals surface area contributed by atoms with Gasteiger partial charge in [0.05, 0.1) is 13.2 Å². The van der Waals surface area contributed by atoms with Crippen LogP contribution < -0.4 is 0 Å². The number of morpholine rings is 1. The third kappa shape index (κ3) is 3.48. The Morgan fingerprint density at radius 2 is 2.27 bits per heavy atom. The molecule has 1 fully saturated rings. The van der Waals surface area contributed by atoms with Crippen LogP contribution in [0.15, 0.2) is 5.16 Å². The largest absolute Gasteiger partial charge is 0.379 e. The third-order valence-corrected chi connectivity index (χ3v) is 3.15. The quantitative estimate of drug-likeness (QED) is 0.762. The van der Waals surface area contributed by atoms with Crippen molar-refractivity contribution in [1.29, 1.82) is 0 Å². The van der Waals surface area contributed by atoms with Crippen LogP contribution in [0.2, 0.25) is 0 Å². The first-order chi connectivity index (χ1) is 7.34. The van der Waals surface area contributed by atoms with Gasteiger partial charge in [0.25, 0.3) is 0 Å². The molecule has 1 aromatic heterocycles. The topological polar surface area (TPSA) is 54.0 Å². The summed E-state index contributed by atoms with van der Waals surface area (Å²) in [6.45, 7) is 6.83. The monoisotopic (exact) mass is 228 g/mol. The van der Waals surface area contributed by atoms with Gasteiger partial charge >= 0.3 is 0 Å². The molecular weight excluding hydrogens is 212 g/mol. The van der Waals surface area contributed by atoms with Gasteiger partial charge in [-0.1, -0.05) is 11.8 Å². The summed E-state index contributed by atoms with van der Waals surface area (Å²) in [5.74, 6) is 1.92. The molecule has 1 N–H and O–H groups in total. The minimum Gasteiger partial charge on any atom is -0.379 e. The molecule has 0 radical (unpaired) electrons. The molecule has 1 aromatic rings. The number of ether oxygens (including phenoxy) is 1. The summed E-state index contributed by atoms with van der Waals surface area (Å²) >= 11 is 1.70. The number of nitrogens with one attached hydrogen (secondary N) is 1. The molecule has 6 heteroatoms. The number of aromatic amines is 1. The molecule has 0 saturated carbocycles. The van der Waals surface area contributed by atoms with Crippen molar-refractivity contribution >= 4 is 11.8 Å². The highest BCUT2D eigenvalue weighted by Gasteiger charge is 2.10. The highest BCUT2D eigenvalue weighted by molar-refractivity contribution is 7.99. The van der Waals surface area contributed by atoms with Crippen molar-refractivity contribution in [2.45, 2.75) is 12.1 Å². The van der Waals surface area contributed by atoms with Gasteiger partial charge in [0.15, 0.2) is 0 Å². The molecule has 0 aromatic carbocycles. The van der Waals surface area contributed by atoms with Gasteiger partial charge in [0.1, 0.15) is 5.82 Å². The van der Waals surface area contributed by atoms with Crippen molar-refractivity contribution in [1.82, 2.24) is 20.1 Å². The molecule has 1 aliphatic rings. The molecule has 0 bridgehead atoms. The van der Waals surface area contributed by atoms with Crippen LogP contribution in [-0.4, -0.2) is 58.7 Å². The lowest BCUT2D eigenvalue weighted by Gasteiger charge is -2.25. The predicted octanol–water partition coefficient (Wildman–Crippen LogP) is 0.537. The van der Waals surface area contributed by atoms with Crippen LogP contribution in [0.4, 0.5) is 0 Å². The number of H-pyrrole nitrogens is 1. The molecule has 1 aliphatic heterocycles. The van der Waals surface area contributed by atoms with Gasteiger partial charge < -0.3 is 4.74 Å². The summed E-state index contributed by atoms with van der Waals surface area (Å²) in [7, 11) is 0. The summed E-state index contributed by atoms with van der Waals surface area (Å²) < 4.78 is 5.29. The zero-order valence-corrected chi connectivity index (χ0v) is 9.72. The third-order valence-electron chi connectivity index (χ3n) is 2.32. The van der Waals surface area contributed by atoms with Crippen LogP contribution in [0.25, 0.3) is 0 Å². The van der Waals surface area contributed by atoms with Gasteiger partial charge in [0.2, 0.25) is 5.16 Å². The number of aryl methyl sites for hydroxylation is 1. The Kier molecular flexibility index (Phi) is 3.99. The van der Waals surface area contributed by atoms with Crippen molar-refractivity contribution < 1.29 is 4.74 Å². The maximum Gasteiger partial charge on any atom is 0.208 e. The number of nitrogens with zero attached hydrogens (tertiary/aromatic N) is 3. The van der Waals surface area contributed by atoms with Crippen molar-refractivity contribution in [3.05, 3.63) is 5.82 Å². The number of hydrogen-bond donors (Lipinski definition) is 1. The van der Waals surface area contributed by atoms with E-state index in [1.165, 1.54) is 0 Å². The summed E-state index contributed by atoms with van der Waals surface area (Å²) in [5.41, 5.74) is 0. The summed E-state index contributed by atoms with van der Waals surface area (Å²) in [4.78, 5) is 6.66. The normalized spacial score (nSPS) is 18.2. The van der Waals surface area contributed by atoms with E-state index in [4.69, 9.17) is 4.74 Å². The maximum absolute atomic E-state index is 5.29. The van der Waals surface area contributed by atoms with Crippen LogP contribution in [0.1, 0.15) is 5.82 Å². The van der Waals surface area contributed by atoms with Gasteiger partial charge in [-0.05, 0) is 6.92 Å². The lowest BCUT2D eigenvalue weighted by molar-refractivity contribution is 0.0410. The minimum atomic E-state index is 0.848. The van der Waals surface area contributed by atoms with Crippen molar-refractivity contribution in [3.63, 3.8) is 0 Å². The summed E-state index contributed by atoms with van der Waals surface area (Å²) in [6.07, 6.45) is 0. The second-order valence-corrected chi connectivity index (χ2v) is 4.57. The molecule has 0 atom stereocenters. The Morgan fingerprint density at radius 1 is 1.47 bits per heavy atom. The van der Waals surface area contributed by atoms with Gasteiger partial charge in [-0.3, -0.25) is 10.00 Å². The van der Waals surface area contributed by atoms with Crippen molar-refractivity contribution in [2.24, 2.45) is 0 Å². The minimum absolute atomic E-state index is 0.848. The standard InChI is InChI=1S/C9H16N4OS/c1-8-10-9(12-11-8)15-7-4-13-2-5-14-6-3-13/h2-7H2,1H3,(H,10,11,12). The smallest absolute Gasteiger partial charge is 0.208 e. The van der Waals surface area contributed by atoms with Crippen LogP contribution in [-0.2, 0) is 4.74 Å². The van der Waals surface area contributed by atoms with Gasteiger partial charge in [-0.15, -0.1) is 5.10 Å². The Labute approximate surface area is 93.6 Å². The van der Waals surface area contributed by atoms with Crippen molar-refractivity contribution in [3.8, 4) is 0 Å². The van der Waals surface area contributed by atoms with E-state index in [2.05, 4.69) is 20.1 Å². The molecule has 5 nitrogen and oxygen atoms in total. The molecule has 1 saturated heterocycles. The molecule has 15 heavy (non-hydrogen) atoms. The van der Waals surface area contributed by atoms with Crippen LogP contribution in [0, 0.1) is 6.92 Å². The van der Waals surface area contributed by atoms with Crippen molar-refractivity contribution in [2.75, 3.05) is 38.6 Å². The van der Waals surface area contributed by atoms with E-state index in [0.717, 1.165) is 49.6 Å². The van der Waals surface area contributed by atoms with E-state index in [9.17, 15) is 0 Å². The Balaban J connectivity index is 1.65. The zero-order chi connectivity index (χ0) is 10.5. The number of rotatable bonds is 4. The molecule has 2 heterocycles. The Morgan fingerprint density at radius 3 is 2.93 bits per heavy atom. The maximum atomic E-state index is 5.29. The average molecular weight is 228 g/mol. The Hall–Kier alpha value is -0.590. The Bertz CT molecular complexity index is 298. The van der Waals surface area contributed by atoms with E-state index in [0.29, 0.717) is 0 Å². The lowest BCUT2D eigenvalue weighted by Crippen LogP contribution is -2.37. The van der Waals surface area contributed by atoms with E-state index in [-0.39, 0.29) is 0 Å². The van der Waals surface area contributed by atoms with Gasteiger partial charge in [-0.25, -0.2) is 4.98 Å². The number of hydrogen-bond acceptors (Lipinski definition) is 5. The molecule has 0 unspecified atom stereocenters. The second-order valence-electron chi connectivity index (χ2n) is 3.51. The molecule has 0 aliphatic carbocycles. The molecule has 84 valence electrons. The zero-order valence-electron chi connectivity index (χ0n) is 8.90. The van der Waals surface area contributed by atoms with Gasteiger partial charge in [0, 0.05) is 25.4 Å². The van der Waals surface area contributed by atoms with Crippen LogP contribution in [0.5, 0.6) is 0 Å². The van der Waals surface area contributed by atoms with E-state index in [1.807, 2.05) is 6.92 Å². The molecule has 0 amide bonds. The number of thioether (sulfide) groups is 1. The second kappa shape index (κ2) is 5.48. The molecular formula is C9H16N4OS. The van der Waals surface area contributed by atoms with E-state index < -0.39 is 0 Å². The summed E-state index contributed by atoms with van der Waals surface area (Å²) in [5, 5.41) is 7.77. The average Bonchev–Trinajstić information content (AvgIpc) is 2.66. The van der Waals surface area contributed by atoms with Gasteiger partial charge in [-0.2, -0.15) is 0 Å². The van der Waals surface area contributed by atoms with E-state index in [1.54, 1.807) is 11.8 Å². The SMILES string of the molecule is Cc1nc(SCCN2CCOCC2)n[nH]1. The first-order valence-corrected chi connectivity index (χ1v) is 6.15. The predicted molar refractivity (Wildman–Crippen MR) is 59.1 cm³/mol. The lowest BCUT2D eigenvalue weighted by atomic mass is 10.4. The van der Waals surface area contributed by atoms with Crippen LogP contribution in [0.3, 0.4) is 0 Å². The highest BCUT2D eigenvalue weighted by Crippen LogP contribution is 2.12. The van der Waals surface area contributed by atoms with Crippen LogP contribution >= 0.6 is 11.8 Å². The fraction of sp³-hybridized carbons (Fsp3) is 0.778. The first kappa shape index (κ1) is 10.9. The van der Waals surface area contributed by atoms with E-state index >= 15 is 0 Å². The molecule has 0 spiro atoms. The summed E-state index contributed by atoms with van der Waals surface area (Å²) in [6, 6.07) is 0. The molecule has 2 rings (SSSR count).